The van der Waals surface area contributed by atoms with Crippen LogP contribution in [0, 0.1) is 0 Å². The second-order valence-corrected chi connectivity index (χ2v) is 7.42. The fraction of sp³-hybridized carbons (Fsp3) is 0. The number of rotatable bonds is 4. The maximum Gasteiger partial charge on any atom is 0.154 e. The number of benzene rings is 3. The van der Waals surface area contributed by atoms with Crippen molar-refractivity contribution in [2.45, 2.75) is 0 Å². The molecule has 0 aromatic heterocycles. The molecule has 0 aliphatic heterocycles. The standard InChI is InChI=1S/C20H17Si/c1-2-17-13-15-20(16-14-17)21(18-9-5-3-6-10-18)19-11-7-4-8-12-19/h2-16H,1H2. The highest BCUT2D eigenvalue weighted by Gasteiger charge is 2.18. The van der Waals surface area contributed by atoms with Gasteiger partial charge in [-0.3, -0.25) is 0 Å². The molecule has 101 valence electrons. The van der Waals surface area contributed by atoms with E-state index < -0.39 is 8.80 Å². The van der Waals surface area contributed by atoms with Crippen LogP contribution in [0.2, 0.25) is 0 Å². The van der Waals surface area contributed by atoms with E-state index in [0.29, 0.717) is 0 Å². The molecule has 3 aromatic carbocycles. The van der Waals surface area contributed by atoms with Gasteiger partial charge in [-0.05, 0) is 5.56 Å². The Morgan fingerprint density at radius 3 is 1.43 bits per heavy atom. The fourth-order valence-corrected chi connectivity index (χ4v) is 5.05. The van der Waals surface area contributed by atoms with Crippen molar-refractivity contribution in [2.75, 3.05) is 0 Å². The van der Waals surface area contributed by atoms with E-state index in [0.717, 1.165) is 0 Å². The van der Waals surface area contributed by atoms with Crippen molar-refractivity contribution in [2.24, 2.45) is 0 Å². The highest BCUT2D eigenvalue weighted by atomic mass is 28.3. The fourth-order valence-electron chi connectivity index (χ4n) is 2.50. The lowest BCUT2D eigenvalue weighted by Crippen LogP contribution is -2.51. The molecule has 0 N–H and O–H groups in total. The lowest BCUT2D eigenvalue weighted by atomic mass is 10.2. The summed E-state index contributed by atoms with van der Waals surface area (Å²) < 4.78 is 0. The largest absolute Gasteiger partial charge is 0.154 e. The van der Waals surface area contributed by atoms with Gasteiger partial charge in [-0.1, -0.05) is 113 Å². The second-order valence-electron chi connectivity index (χ2n) is 4.93. The third kappa shape index (κ3) is 3.04. The summed E-state index contributed by atoms with van der Waals surface area (Å²) in [4.78, 5) is 0. The van der Waals surface area contributed by atoms with Gasteiger partial charge in [-0.2, -0.15) is 0 Å². The molecule has 0 saturated heterocycles. The van der Waals surface area contributed by atoms with Crippen molar-refractivity contribution >= 4 is 30.4 Å². The molecule has 0 fully saturated rings. The molecular formula is C20H17Si. The summed E-state index contributed by atoms with van der Waals surface area (Å²) in [6.45, 7) is 3.83. The molecule has 0 nitrogen and oxygen atoms in total. The maximum atomic E-state index is 3.83. The molecule has 0 saturated carbocycles. The first-order chi connectivity index (χ1) is 10.4. The quantitative estimate of drug-likeness (QED) is 0.511. The first-order valence-corrected chi connectivity index (χ1v) is 8.59. The Hall–Kier alpha value is -2.38. The third-order valence-corrected chi connectivity index (χ3v) is 6.29. The SMILES string of the molecule is C=Cc1ccc([Si](c2ccccc2)c2ccccc2)cc1. The van der Waals surface area contributed by atoms with Crippen LogP contribution in [-0.2, 0) is 0 Å². The first kappa shape index (κ1) is 13.6. The third-order valence-electron chi connectivity index (χ3n) is 3.56. The Balaban J connectivity index is 2.09. The van der Waals surface area contributed by atoms with Crippen LogP contribution in [0.15, 0.2) is 91.5 Å². The Bertz CT molecular complexity index is 660. The van der Waals surface area contributed by atoms with Crippen molar-refractivity contribution in [3.8, 4) is 0 Å². The summed E-state index contributed by atoms with van der Waals surface area (Å²) in [6, 6.07) is 30.4. The van der Waals surface area contributed by atoms with E-state index in [4.69, 9.17) is 0 Å². The van der Waals surface area contributed by atoms with Crippen LogP contribution in [0.3, 0.4) is 0 Å². The summed E-state index contributed by atoms with van der Waals surface area (Å²) in [6.07, 6.45) is 1.89. The molecule has 0 spiro atoms. The van der Waals surface area contributed by atoms with Crippen molar-refractivity contribution in [1.82, 2.24) is 0 Å². The van der Waals surface area contributed by atoms with Gasteiger partial charge in [-0.15, -0.1) is 0 Å². The topological polar surface area (TPSA) is 0 Å². The van der Waals surface area contributed by atoms with Gasteiger partial charge in [0.25, 0.3) is 0 Å². The molecule has 3 rings (SSSR count). The average molecular weight is 285 g/mol. The van der Waals surface area contributed by atoms with Gasteiger partial charge in [-0.25, -0.2) is 0 Å². The van der Waals surface area contributed by atoms with Gasteiger partial charge in [0.1, 0.15) is 0 Å². The lowest BCUT2D eigenvalue weighted by Gasteiger charge is -2.16. The molecule has 0 aliphatic rings. The lowest BCUT2D eigenvalue weighted by molar-refractivity contribution is 1.68. The molecule has 3 aromatic rings. The molecule has 1 heteroatoms. The van der Waals surface area contributed by atoms with Crippen molar-refractivity contribution in [1.29, 1.82) is 0 Å². The summed E-state index contributed by atoms with van der Waals surface area (Å²) in [5.41, 5.74) is 1.17. The van der Waals surface area contributed by atoms with Crippen LogP contribution < -0.4 is 15.6 Å². The molecule has 0 aliphatic carbocycles. The van der Waals surface area contributed by atoms with Crippen LogP contribution in [0.25, 0.3) is 6.08 Å². The van der Waals surface area contributed by atoms with Gasteiger partial charge >= 0.3 is 0 Å². The van der Waals surface area contributed by atoms with Crippen LogP contribution in [0.5, 0.6) is 0 Å². The maximum absolute atomic E-state index is 3.83. The summed E-state index contributed by atoms with van der Waals surface area (Å²) in [7, 11) is -0.936. The minimum absolute atomic E-state index is 0.936. The van der Waals surface area contributed by atoms with E-state index >= 15 is 0 Å². The van der Waals surface area contributed by atoms with Crippen LogP contribution >= 0.6 is 0 Å². The number of hydrogen-bond acceptors (Lipinski definition) is 0. The van der Waals surface area contributed by atoms with Crippen molar-refractivity contribution < 1.29 is 0 Å². The predicted molar refractivity (Wildman–Crippen MR) is 94.1 cm³/mol. The second kappa shape index (κ2) is 6.38. The zero-order valence-electron chi connectivity index (χ0n) is 11.9. The summed E-state index contributed by atoms with van der Waals surface area (Å²) in [5.74, 6) is 0. The summed E-state index contributed by atoms with van der Waals surface area (Å²) in [5, 5.41) is 4.24. The van der Waals surface area contributed by atoms with E-state index in [-0.39, 0.29) is 0 Å². The Morgan fingerprint density at radius 2 is 1.00 bits per heavy atom. The normalized spacial score (nSPS) is 10.5. The predicted octanol–water partition coefficient (Wildman–Crippen LogP) is 2.85. The average Bonchev–Trinajstić information content (AvgIpc) is 2.58. The van der Waals surface area contributed by atoms with Gasteiger partial charge in [0, 0.05) is 0 Å². The molecule has 21 heavy (non-hydrogen) atoms. The van der Waals surface area contributed by atoms with Gasteiger partial charge in [0.05, 0.1) is 0 Å². The van der Waals surface area contributed by atoms with E-state index in [1.165, 1.54) is 21.1 Å². The van der Waals surface area contributed by atoms with Gasteiger partial charge in [0.15, 0.2) is 8.80 Å². The van der Waals surface area contributed by atoms with Gasteiger partial charge < -0.3 is 0 Å². The highest BCUT2D eigenvalue weighted by molar-refractivity contribution is 6.95. The molecule has 0 heterocycles. The molecule has 0 unspecified atom stereocenters. The Morgan fingerprint density at radius 1 is 0.571 bits per heavy atom. The van der Waals surface area contributed by atoms with Crippen molar-refractivity contribution in [3.05, 3.63) is 97.1 Å². The Labute approximate surface area is 128 Å². The molecule has 0 bridgehead atoms. The molecular weight excluding hydrogens is 268 g/mol. The zero-order chi connectivity index (χ0) is 14.5. The molecule has 0 amide bonds. The van der Waals surface area contributed by atoms with Crippen LogP contribution in [-0.4, -0.2) is 8.80 Å². The Kier molecular flexibility index (Phi) is 4.13. The van der Waals surface area contributed by atoms with Gasteiger partial charge in [0.2, 0.25) is 0 Å². The van der Waals surface area contributed by atoms with E-state index in [9.17, 15) is 0 Å². The molecule has 1 radical (unpaired) electrons. The zero-order valence-corrected chi connectivity index (χ0v) is 12.9. The smallest absolute Gasteiger partial charge is 0.0985 e. The van der Waals surface area contributed by atoms with Crippen molar-refractivity contribution in [3.63, 3.8) is 0 Å². The number of hydrogen-bond donors (Lipinski definition) is 0. The first-order valence-electron chi connectivity index (χ1n) is 7.09. The van der Waals surface area contributed by atoms with E-state index in [1.54, 1.807) is 0 Å². The monoisotopic (exact) mass is 285 g/mol. The van der Waals surface area contributed by atoms with E-state index in [2.05, 4.69) is 91.5 Å². The summed E-state index contributed by atoms with van der Waals surface area (Å²) >= 11 is 0. The minimum Gasteiger partial charge on any atom is -0.0985 e. The highest BCUT2D eigenvalue weighted by Crippen LogP contribution is 2.01. The molecule has 0 atom stereocenters. The van der Waals surface area contributed by atoms with E-state index in [1.807, 2.05) is 6.08 Å². The van der Waals surface area contributed by atoms with Crippen LogP contribution in [0.1, 0.15) is 5.56 Å². The van der Waals surface area contributed by atoms with Crippen LogP contribution in [0.4, 0.5) is 0 Å². The minimum atomic E-state index is -0.936.